The third kappa shape index (κ3) is 4.57. The Bertz CT molecular complexity index is 437. The molecule has 1 rings (SSSR count). The van der Waals surface area contributed by atoms with Crippen molar-refractivity contribution in [2.45, 2.75) is 33.2 Å². The summed E-state index contributed by atoms with van der Waals surface area (Å²) in [5, 5.41) is 9.00. The van der Waals surface area contributed by atoms with E-state index in [4.69, 9.17) is 10.00 Å². The second-order valence-corrected chi connectivity index (χ2v) is 4.93. The summed E-state index contributed by atoms with van der Waals surface area (Å²) in [7, 11) is 3.77. The zero-order valence-electron chi connectivity index (χ0n) is 12.4. The van der Waals surface area contributed by atoms with Crippen LogP contribution in [0.3, 0.4) is 0 Å². The lowest BCUT2D eigenvalue weighted by atomic mass is 10.1. The predicted octanol–water partition coefficient (Wildman–Crippen LogP) is 3.24. The standard InChI is InChI=1S/C16H24N2O/c1-5-13(10-17)11-18(3)12-14-7-8-16(19-4)15(6-2)9-14/h7-9,13H,5-6,11-12H2,1-4H3. The predicted molar refractivity (Wildman–Crippen MR) is 78.1 cm³/mol. The minimum atomic E-state index is 0.119. The van der Waals surface area contributed by atoms with Crippen LogP contribution in [-0.2, 0) is 13.0 Å². The number of ether oxygens (including phenoxy) is 1. The maximum atomic E-state index is 9.00. The van der Waals surface area contributed by atoms with Gasteiger partial charge in [0.05, 0.1) is 19.1 Å². The Hall–Kier alpha value is -1.53. The summed E-state index contributed by atoms with van der Waals surface area (Å²) in [5.74, 6) is 1.08. The molecule has 3 heteroatoms. The van der Waals surface area contributed by atoms with E-state index in [1.165, 1.54) is 11.1 Å². The molecule has 0 saturated heterocycles. The second-order valence-electron chi connectivity index (χ2n) is 4.93. The van der Waals surface area contributed by atoms with Crippen LogP contribution in [0.5, 0.6) is 5.75 Å². The van der Waals surface area contributed by atoms with Crippen molar-refractivity contribution in [1.29, 1.82) is 5.26 Å². The molecule has 0 aliphatic carbocycles. The topological polar surface area (TPSA) is 36.3 Å². The number of hydrogen-bond acceptors (Lipinski definition) is 3. The number of aryl methyl sites for hydroxylation is 1. The van der Waals surface area contributed by atoms with Crippen molar-refractivity contribution < 1.29 is 4.74 Å². The Kier molecular flexibility index (Phi) is 6.38. The highest BCUT2D eigenvalue weighted by atomic mass is 16.5. The van der Waals surface area contributed by atoms with E-state index in [-0.39, 0.29) is 5.92 Å². The van der Waals surface area contributed by atoms with Crippen LogP contribution < -0.4 is 4.74 Å². The lowest BCUT2D eigenvalue weighted by Gasteiger charge is -2.20. The fraction of sp³-hybridized carbons (Fsp3) is 0.562. The van der Waals surface area contributed by atoms with Crippen LogP contribution in [0.25, 0.3) is 0 Å². The molecule has 1 aromatic rings. The van der Waals surface area contributed by atoms with Gasteiger partial charge in [-0.15, -0.1) is 0 Å². The van der Waals surface area contributed by atoms with Crippen molar-refractivity contribution in [3.63, 3.8) is 0 Å². The van der Waals surface area contributed by atoms with E-state index in [2.05, 4.69) is 44.0 Å². The third-order valence-corrected chi connectivity index (χ3v) is 3.39. The highest BCUT2D eigenvalue weighted by Gasteiger charge is 2.10. The number of rotatable bonds is 7. The summed E-state index contributed by atoms with van der Waals surface area (Å²) in [4.78, 5) is 2.21. The Morgan fingerprint density at radius 1 is 1.37 bits per heavy atom. The number of nitriles is 1. The fourth-order valence-electron chi connectivity index (χ4n) is 2.22. The van der Waals surface area contributed by atoms with Gasteiger partial charge in [0, 0.05) is 13.1 Å². The number of hydrogen-bond donors (Lipinski definition) is 0. The molecule has 0 N–H and O–H groups in total. The van der Waals surface area contributed by atoms with E-state index in [0.29, 0.717) is 0 Å². The first-order valence-corrected chi connectivity index (χ1v) is 6.88. The minimum Gasteiger partial charge on any atom is -0.496 e. The van der Waals surface area contributed by atoms with Crippen molar-refractivity contribution in [2.75, 3.05) is 20.7 Å². The number of benzene rings is 1. The van der Waals surface area contributed by atoms with Crippen LogP contribution in [-0.4, -0.2) is 25.6 Å². The van der Waals surface area contributed by atoms with Crippen LogP contribution in [0.4, 0.5) is 0 Å². The molecule has 0 spiro atoms. The van der Waals surface area contributed by atoms with Crippen LogP contribution in [0.2, 0.25) is 0 Å². The zero-order chi connectivity index (χ0) is 14.3. The molecule has 0 radical (unpaired) electrons. The van der Waals surface area contributed by atoms with Crippen molar-refractivity contribution in [3.8, 4) is 11.8 Å². The quantitative estimate of drug-likeness (QED) is 0.755. The van der Waals surface area contributed by atoms with E-state index in [9.17, 15) is 0 Å². The molecule has 3 nitrogen and oxygen atoms in total. The highest BCUT2D eigenvalue weighted by molar-refractivity contribution is 5.37. The molecule has 0 saturated carbocycles. The molecule has 1 aromatic carbocycles. The molecule has 0 aromatic heterocycles. The molecule has 0 fully saturated rings. The molecule has 1 unspecified atom stereocenters. The van der Waals surface area contributed by atoms with Gasteiger partial charge in [-0.1, -0.05) is 26.0 Å². The number of methoxy groups -OCH3 is 1. The van der Waals surface area contributed by atoms with Gasteiger partial charge in [0.1, 0.15) is 5.75 Å². The maximum Gasteiger partial charge on any atom is 0.122 e. The van der Waals surface area contributed by atoms with Crippen molar-refractivity contribution in [3.05, 3.63) is 29.3 Å². The number of nitrogens with zero attached hydrogens (tertiary/aromatic N) is 2. The van der Waals surface area contributed by atoms with Crippen LogP contribution in [0.1, 0.15) is 31.4 Å². The third-order valence-electron chi connectivity index (χ3n) is 3.39. The normalized spacial score (nSPS) is 12.2. The average molecular weight is 260 g/mol. The van der Waals surface area contributed by atoms with Gasteiger partial charge >= 0.3 is 0 Å². The van der Waals surface area contributed by atoms with E-state index in [1.54, 1.807) is 7.11 Å². The van der Waals surface area contributed by atoms with Crippen LogP contribution in [0.15, 0.2) is 18.2 Å². The van der Waals surface area contributed by atoms with E-state index in [1.807, 2.05) is 6.07 Å². The molecule has 1 atom stereocenters. The molecule has 0 amide bonds. The Morgan fingerprint density at radius 2 is 2.11 bits per heavy atom. The molecule has 0 heterocycles. The zero-order valence-corrected chi connectivity index (χ0v) is 12.4. The second kappa shape index (κ2) is 7.81. The largest absolute Gasteiger partial charge is 0.496 e. The first-order chi connectivity index (χ1) is 9.14. The highest BCUT2D eigenvalue weighted by Crippen LogP contribution is 2.21. The van der Waals surface area contributed by atoms with Crippen molar-refractivity contribution in [1.82, 2.24) is 4.90 Å². The smallest absolute Gasteiger partial charge is 0.122 e. The monoisotopic (exact) mass is 260 g/mol. The van der Waals surface area contributed by atoms with Gasteiger partial charge in [-0.2, -0.15) is 5.26 Å². The molecular formula is C16H24N2O. The van der Waals surface area contributed by atoms with Crippen LogP contribution in [0, 0.1) is 17.2 Å². The Balaban J connectivity index is 2.69. The first-order valence-electron chi connectivity index (χ1n) is 6.88. The summed E-state index contributed by atoms with van der Waals surface area (Å²) >= 11 is 0. The van der Waals surface area contributed by atoms with Gasteiger partial charge in [0.2, 0.25) is 0 Å². The molecule has 19 heavy (non-hydrogen) atoms. The lowest BCUT2D eigenvalue weighted by molar-refractivity contribution is 0.292. The van der Waals surface area contributed by atoms with Gasteiger partial charge in [-0.25, -0.2) is 0 Å². The van der Waals surface area contributed by atoms with Crippen molar-refractivity contribution in [2.24, 2.45) is 5.92 Å². The van der Waals surface area contributed by atoms with Gasteiger partial charge in [-0.05, 0) is 37.1 Å². The average Bonchev–Trinajstić information content (AvgIpc) is 2.44. The Morgan fingerprint density at radius 3 is 2.63 bits per heavy atom. The van der Waals surface area contributed by atoms with Crippen LogP contribution >= 0.6 is 0 Å². The summed E-state index contributed by atoms with van der Waals surface area (Å²) in [6, 6.07) is 8.68. The van der Waals surface area contributed by atoms with Gasteiger partial charge in [-0.3, -0.25) is 0 Å². The lowest BCUT2D eigenvalue weighted by Crippen LogP contribution is -2.24. The maximum absolute atomic E-state index is 9.00. The summed E-state index contributed by atoms with van der Waals surface area (Å²) < 4.78 is 5.34. The fourth-order valence-corrected chi connectivity index (χ4v) is 2.22. The summed E-state index contributed by atoms with van der Waals surface area (Å²) in [5.41, 5.74) is 2.51. The molecule has 0 bridgehead atoms. The molecule has 104 valence electrons. The SMILES string of the molecule is CCc1cc(CN(C)CC(C#N)CC)ccc1OC. The van der Waals surface area contributed by atoms with Gasteiger partial charge < -0.3 is 9.64 Å². The van der Waals surface area contributed by atoms with E-state index >= 15 is 0 Å². The summed E-state index contributed by atoms with van der Waals surface area (Å²) in [6.45, 7) is 5.88. The first kappa shape index (κ1) is 15.5. The molecular weight excluding hydrogens is 236 g/mol. The Labute approximate surface area is 116 Å². The van der Waals surface area contributed by atoms with Gasteiger partial charge in [0.25, 0.3) is 0 Å². The van der Waals surface area contributed by atoms with Gasteiger partial charge in [0.15, 0.2) is 0 Å². The summed E-state index contributed by atoms with van der Waals surface area (Å²) in [6.07, 6.45) is 1.88. The van der Waals surface area contributed by atoms with E-state index < -0.39 is 0 Å². The van der Waals surface area contributed by atoms with Crippen molar-refractivity contribution >= 4 is 0 Å². The molecule has 0 aliphatic rings. The molecule has 0 aliphatic heterocycles. The van der Waals surface area contributed by atoms with E-state index in [0.717, 1.165) is 31.7 Å². The minimum absolute atomic E-state index is 0.119.